The molecule has 0 spiro atoms. The molecule has 23 heavy (non-hydrogen) atoms. The molecule has 0 aliphatic carbocycles. The van der Waals surface area contributed by atoms with Crippen LogP contribution in [0.5, 0.6) is 0 Å². The molecule has 118 valence electrons. The summed E-state index contributed by atoms with van der Waals surface area (Å²) in [6, 6.07) is 11.4. The minimum absolute atomic E-state index is 0.132. The summed E-state index contributed by atoms with van der Waals surface area (Å²) in [5, 5.41) is 2.80. The monoisotopic (exact) mass is 313 g/mol. The van der Waals surface area contributed by atoms with E-state index in [4.69, 9.17) is 0 Å². The van der Waals surface area contributed by atoms with Gasteiger partial charge in [-0.1, -0.05) is 12.1 Å². The fourth-order valence-electron chi connectivity index (χ4n) is 2.45. The number of rotatable bonds is 4. The highest BCUT2D eigenvalue weighted by molar-refractivity contribution is 5.93. The number of nitrogens with zero attached hydrogens (tertiary/aromatic N) is 1. The van der Waals surface area contributed by atoms with Crippen LogP contribution in [0.4, 0.5) is 10.1 Å². The van der Waals surface area contributed by atoms with Gasteiger partial charge in [-0.25, -0.2) is 9.18 Å². The zero-order valence-electron chi connectivity index (χ0n) is 12.6. The summed E-state index contributed by atoms with van der Waals surface area (Å²) in [7, 11) is 1.68. The Hall–Kier alpha value is -2.89. The van der Waals surface area contributed by atoms with Gasteiger partial charge in [0.25, 0.3) is 0 Å². The van der Waals surface area contributed by atoms with Gasteiger partial charge in [-0.2, -0.15) is 0 Å². The van der Waals surface area contributed by atoms with Gasteiger partial charge in [-0.3, -0.25) is 9.36 Å². The summed E-state index contributed by atoms with van der Waals surface area (Å²) in [5.41, 5.74) is 2.79. The van der Waals surface area contributed by atoms with Crippen LogP contribution >= 0.6 is 0 Å². The lowest BCUT2D eigenvalue weighted by Gasteiger charge is -2.06. The summed E-state index contributed by atoms with van der Waals surface area (Å²) in [4.78, 5) is 26.3. The number of carbonyl (C=O) groups excluding carboxylic acids is 1. The molecule has 3 rings (SSSR count). The predicted molar refractivity (Wildman–Crippen MR) is 86.9 cm³/mol. The molecule has 0 saturated heterocycles. The first kappa shape index (κ1) is 15.0. The fraction of sp³-hybridized carbons (Fsp3) is 0.176. The van der Waals surface area contributed by atoms with E-state index >= 15 is 0 Å². The third-order valence-corrected chi connectivity index (χ3v) is 3.74. The number of hydrogen-bond donors (Lipinski definition) is 2. The Morgan fingerprint density at radius 1 is 1.22 bits per heavy atom. The number of imidazole rings is 1. The van der Waals surface area contributed by atoms with Gasteiger partial charge in [-0.05, 0) is 42.3 Å². The van der Waals surface area contributed by atoms with Crippen LogP contribution in [0.15, 0.2) is 47.3 Å². The summed E-state index contributed by atoms with van der Waals surface area (Å²) >= 11 is 0. The normalized spacial score (nSPS) is 10.9. The van der Waals surface area contributed by atoms with Crippen LogP contribution in [0.25, 0.3) is 11.0 Å². The van der Waals surface area contributed by atoms with E-state index in [0.29, 0.717) is 24.0 Å². The molecule has 0 unspecified atom stereocenters. The molecule has 3 aromatic rings. The van der Waals surface area contributed by atoms with Crippen molar-refractivity contribution in [1.82, 2.24) is 9.55 Å². The molecule has 0 radical (unpaired) electrons. The molecule has 1 aromatic heterocycles. The first-order valence-corrected chi connectivity index (χ1v) is 7.26. The third kappa shape index (κ3) is 3.31. The van der Waals surface area contributed by atoms with Crippen molar-refractivity contribution < 1.29 is 9.18 Å². The van der Waals surface area contributed by atoms with Crippen LogP contribution in [-0.4, -0.2) is 15.5 Å². The number of hydrogen-bond acceptors (Lipinski definition) is 2. The van der Waals surface area contributed by atoms with Crippen molar-refractivity contribution in [2.45, 2.75) is 12.8 Å². The topological polar surface area (TPSA) is 66.9 Å². The highest BCUT2D eigenvalue weighted by Crippen LogP contribution is 2.16. The molecular formula is C17H16FN3O2. The number of benzene rings is 2. The second-order valence-electron chi connectivity index (χ2n) is 5.40. The van der Waals surface area contributed by atoms with Gasteiger partial charge in [0.15, 0.2) is 0 Å². The Morgan fingerprint density at radius 2 is 1.96 bits per heavy atom. The molecule has 0 fully saturated rings. The van der Waals surface area contributed by atoms with Crippen molar-refractivity contribution in [1.29, 1.82) is 0 Å². The minimum atomic E-state index is -0.289. The highest BCUT2D eigenvalue weighted by atomic mass is 19.1. The maximum absolute atomic E-state index is 12.8. The first-order chi connectivity index (χ1) is 11.0. The van der Waals surface area contributed by atoms with Crippen molar-refractivity contribution in [3.63, 3.8) is 0 Å². The lowest BCUT2D eigenvalue weighted by Crippen LogP contribution is -2.12. The maximum Gasteiger partial charge on any atom is 0.326 e. The number of aryl methyl sites for hydroxylation is 2. The number of fused-ring (bicyclic) bond motifs is 1. The summed E-state index contributed by atoms with van der Waals surface area (Å²) < 4.78 is 14.3. The largest absolute Gasteiger partial charge is 0.326 e. The summed E-state index contributed by atoms with van der Waals surface area (Å²) in [6.07, 6.45) is 0.839. The second-order valence-corrected chi connectivity index (χ2v) is 5.40. The minimum Gasteiger partial charge on any atom is -0.326 e. The molecule has 0 aliphatic rings. The van der Waals surface area contributed by atoms with Crippen LogP contribution in [0.1, 0.15) is 12.0 Å². The van der Waals surface area contributed by atoms with Gasteiger partial charge >= 0.3 is 5.69 Å². The lowest BCUT2D eigenvalue weighted by atomic mass is 10.1. The van der Waals surface area contributed by atoms with Crippen molar-refractivity contribution in [3.8, 4) is 0 Å². The van der Waals surface area contributed by atoms with Gasteiger partial charge in [0.05, 0.1) is 11.0 Å². The van der Waals surface area contributed by atoms with E-state index in [0.717, 1.165) is 11.1 Å². The Kier molecular flexibility index (Phi) is 3.97. The van der Waals surface area contributed by atoms with E-state index in [2.05, 4.69) is 10.3 Å². The number of aromatic nitrogens is 2. The molecule has 5 nitrogen and oxygen atoms in total. The molecule has 2 aromatic carbocycles. The van der Waals surface area contributed by atoms with Crippen LogP contribution in [-0.2, 0) is 18.3 Å². The Bertz CT molecular complexity index is 910. The fourth-order valence-corrected chi connectivity index (χ4v) is 2.45. The van der Waals surface area contributed by atoms with E-state index < -0.39 is 0 Å². The standard InChI is InChI=1S/C17H16FN3O2/c1-21-15-8-7-13(10-14(15)20-17(21)23)19-16(22)9-4-11-2-5-12(18)6-3-11/h2-3,5-8,10H,4,9H2,1H3,(H,19,22)(H,20,23). The maximum atomic E-state index is 12.8. The van der Waals surface area contributed by atoms with Crippen molar-refractivity contribution in [2.24, 2.45) is 7.05 Å². The highest BCUT2D eigenvalue weighted by Gasteiger charge is 2.07. The van der Waals surface area contributed by atoms with Gasteiger partial charge in [-0.15, -0.1) is 0 Å². The predicted octanol–water partition coefficient (Wildman–Crippen LogP) is 2.58. The van der Waals surface area contributed by atoms with Gasteiger partial charge in [0, 0.05) is 19.2 Å². The Balaban J connectivity index is 1.65. The number of nitrogens with one attached hydrogen (secondary N) is 2. The quantitative estimate of drug-likeness (QED) is 0.777. The first-order valence-electron chi connectivity index (χ1n) is 7.26. The SMILES string of the molecule is Cn1c(=O)[nH]c2cc(NC(=O)CCc3ccc(F)cc3)ccc21. The van der Waals surface area contributed by atoms with E-state index in [1.165, 1.54) is 16.7 Å². The van der Waals surface area contributed by atoms with Gasteiger partial charge in [0.1, 0.15) is 5.82 Å². The molecule has 0 bridgehead atoms. The van der Waals surface area contributed by atoms with Crippen molar-refractivity contribution in [3.05, 3.63) is 64.3 Å². The molecular weight excluding hydrogens is 297 g/mol. The Labute approximate surface area is 131 Å². The number of H-pyrrole nitrogens is 1. The number of amides is 1. The number of anilines is 1. The molecule has 0 saturated carbocycles. The molecule has 0 atom stereocenters. The smallest absolute Gasteiger partial charge is 0.326 e. The summed E-state index contributed by atoms with van der Waals surface area (Å²) in [6.45, 7) is 0. The van der Waals surface area contributed by atoms with Gasteiger partial charge < -0.3 is 10.3 Å². The number of carbonyl (C=O) groups is 1. The average Bonchev–Trinajstić information content (AvgIpc) is 2.81. The Morgan fingerprint density at radius 3 is 2.70 bits per heavy atom. The van der Waals surface area contributed by atoms with Gasteiger partial charge in [0.2, 0.25) is 5.91 Å². The second kappa shape index (κ2) is 6.08. The molecule has 0 aliphatic heterocycles. The molecule has 1 amide bonds. The van der Waals surface area contributed by atoms with Crippen LogP contribution in [0.2, 0.25) is 0 Å². The average molecular weight is 313 g/mol. The van der Waals surface area contributed by atoms with Crippen molar-refractivity contribution >= 4 is 22.6 Å². The number of halogens is 1. The van der Waals surface area contributed by atoms with Crippen molar-refractivity contribution in [2.75, 3.05) is 5.32 Å². The van der Waals surface area contributed by atoms with E-state index in [1.807, 2.05) is 0 Å². The lowest BCUT2D eigenvalue weighted by molar-refractivity contribution is -0.116. The zero-order valence-corrected chi connectivity index (χ0v) is 12.6. The van der Waals surface area contributed by atoms with Crippen LogP contribution in [0.3, 0.4) is 0 Å². The van der Waals surface area contributed by atoms with Crippen LogP contribution in [0, 0.1) is 5.82 Å². The van der Waals surface area contributed by atoms with Crippen LogP contribution < -0.4 is 11.0 Å². The third-order valence-electron chi connectivity index (χ3n) is 3.74. The van der Waals surface area contributed by atoms with E-state index in [1.54, 1.807) is 37.4 Å². The van der Waals surface area contributed by atoms with E-state index in [-0.39, 0.29) is 17.4 Å². The zero-order chi connectivity index (χ0) is 16.4. The molecule has 2 N–H and O–H groups in total. The van der Waals surface area contributed by atoms with E-state index in [9.17, 15) is 14.0 Å². The number of aromatic amines is 1. The molecule has 6 heteroatoms. The summed E-state index contributed by atoms with van der Waals surface area (Å²) in [5.74, 6) is -0.421. The molecule has 1 heterocycles.